The van der Waals surface area contributed by atoms with Crippen molar-refractivity contribution in [3.63, 3.8) is 0 Å². The van der Waals surface area contributed by atoms with Gasteiger partial charge in [-0.3, -0.25) is 14.0 Å². The molecule has 0 aliphatic carbocycles. The van der Waals surface area contributed by atoms with Crippen LogP contribution in [-0.4, -0.2) is 24.3 Å². The second-order valence-electron chi connectivity index (χ2n) is 5.31. The second-order valence-corrected chi connectivity index (χ2v) is 6.57. The molecule has 0 aliphatic rings. The molecule has 6 nitrogen and oxygen atoms in total. The molecule has 4 rings (SSSR count). The summed E-state index contributed by atoms with van der Waals surface area (Å²) in [6.45, 7) is 0.359. The van der Waals surface area contributed by atoms with E-state index in [9.17, 15) is 4.79 Å². The number of fused-ring (bicyclic) bond motifs is 1. The lowest BCUT2D eigenvalue weighted by molar-refractivity contribution is 0.726. The third-order valence-corrected chi connectivity index (χ3v) is 4.96. The maximum atomic E-state index is 12.5. The third kappa shape index (κ3) is 2.51. The lowest BCUT2D eigenvalue weighted by Gasteiger charge is -2.03. The van der Waals surface area contributed by atoms with E-state index in [2.05, 4.69) is 15.1 Å². The lowest BCUT2D eigenvalue weighted by Crippen LogP contribution is -2.21. The predicted octanol–water partition coefficient (Wildman–Crippen LogP) is 2.96. The fourth-order valence-corrected chi connectivity index (χ4v) is 3.62. The molecule has 1 aromatic carbocycles. The van der Waals surface area contributed by atoms with Gasteiger partial charge in [0.25, 0.3) is 5.56 Å². The van der Waals surface area contributed by atoms with Crippen LogP contribution in [0.5, 0.6) is 0 Å². The van der Waals surface area contributed by atoms with Gasteiger partial charge in [0, 0.05) is 18.0 Å². The predicted molar refractivity (Wildman–Crippen MR) is 94.4 cm³/mol. The Kier molecular flexibility index (Phi) is 3.66. The molecule has 120 valence electrons. The average Bonchev–Trinajstić information content (AvgIpc) is 3.18. The van der Waals surface area contributed by atoms with Gasteiger partial charge in [0.1, 0.15) is 16.7 Å². The number of aryl methyl sites for hydroxylation is 1. The summed E-state index contributed by atoms with van der Waals surface area (Å²) < 4.78 is 3.12. The number of nitrogens with zero attached hydrogens (tertiary/aromatic N) is 5. The van der Waals surface area contributed by atoms with E-state index in [0.29, 0.717) is 22.6 Å². The smallest absolute Gasteiger partial charge is 0.264 e. The van der Waals surface area contributed by atoms with Crippen molar-refractivity contribution in [1.82, 2.24) is 24.3 Å². The zero-order valence-corrected chi connectivity index (χ0v) is 14.3. The maximum absolute atomic E-state index is 12.5. The van der Waals surface area contributed by atoms with Crippen LogP contribution in [0.1, 0.15) is 5.69 Å². The molecule has 0 saturated heterocycles. The highest BCUT2D eigenvalue weighted by molar-refractivity contribution is 7.13. The van der Waals surface area contributed by atoms with E-state index in [1.54, 1.807) is 11.7 Å². The summed E-state index contributed by atoms with van der Waals surface area (Å²) in [6, 6.07) is 7.57. The van der Waals surface area contributed by atoms with Crippen LogP contribution in [0, 0.1) is 0 Å². The first kappa shape index (κ1) is 15.0. The molecule has 0 unspecified atom stereocenters. The van der Waals surface area contributed by atoms with E-state index in [1.807, 2.05) is 29.6 Å². The van der Waals surface area contributed by atoms with E-state index in [0.717, 1.165) is 16.3 Å². The van der Waals surface area contributed by atoms with E-state index >= 15 is 0 Å². The molecule has 0 bridgehead atoms. The van der Waals surface area contributed by atoms with E-state index in [4.69, 9.17) is 11.6 Å². The van der Waals surface area contributed by atoms with Gasteiger partial charge in [0.05, 0.1) is 23.5 Å². The van der Waals surface area contributed by atoms with E-state index in [-0.39, 0.29) is 5.56 Å². The van der Waals surface area contributed by atoms with Gasteiger partial charge < -0.3 is 0 Å². The molecular weight excluding hydrogens is 346 g/mol. The van der Waals surface area contributed by atoms with Crippen LogP contribution in [-0.2, 0) is 13.6 Å². The van der Waals surface area contributed by atoms with Crippen molar-refractivity contribution in [3.05, 3.63) is 63.2 Å². The Labute approximate surface area is 146 Å². The molecular formula is C16H12ClN5OS. The van der Waals surface area contributed by atoms with Gasteiger partial charge in [-0.05, 0) is 6.07 Å². The number of hydrogen-bond donors (Lipinski definition) is 0. The van der Waals surface area contributed by atoms with Crippen LogP contribution >= 0.6 is 22.9 Å². The molecule has 0 radical (unpaired) electrons. The zero-order chi connectivity index (χ0) is 16.7. The van der Waals surface area contributed by atoms with Gasteiger partial charge >= 0.3 is 0 Å². The number of benzene rings is 1. The summed E-state index contributed by atoms with van der Waals surface area (Å²) in [6.07, 6.45) is 3.07. The lowest BCUT2D eigenvalue weighted by atomic mass is 10.2. The summed E-state index contributed by atoms with van der Waals surface area (Å²) in [5.74, 6) is 0. The largest absolute Gasteiger partial charge is 0.292 e. The van der Waals surface area contributed by atoms with Crippen molar-refractivity contribution in [2.24, 2.45) is 7.05 Å². The number of aromatic nitrogens is 5. The minimum Gasteiger partial charge on any atom is -0.292 e. The van der Waals surface area contributed by atoms with Crippen LogP contribution < -0.4 is 5.56 Å². The molecule has 0 spiro atoms. The SMILES string of the molecule is Cn1ncc2c(=O)n(Cc3csc(-c4ccccc4Cl)n3)cnc21. The Morgan fingerprint density at radius 2 is 2.12 bits per heavy atom. The van der Waals surface area contributed by atoms with Gasteiger partial charge in [-0.1, -0.05) is 29.8 Å². The van der Waals surface area contributed by atoms with Crippen LogP contribution in [0.15, 0.2) is 47.0 Å². The average molecular weight is 358 g/mol. The van der Waals surface area contributed by atoms with Crippen molar-refractivity contribution in [1.29, 1.82) is 0 Å². The highest BCUT2D eigenvalue weighted by Gasteiger charge is 2.11. The van der Waals surface area contributed by atoms with Crippen LogP contribution in [0.2, 0.25) is 5.02 Å². The van der Waals surface area contributed by atoms with Gasteiger partial charge in [0.15, 0.2) is 5.65 Å². The quantitative estimate of drug-likeness (QED) is 0.565. The zero-order valence-electron chi connectivity index (χ0n) is 12.7. The molecule has 0 amide bonds. The maximum Gasteiger partial charge on any atom is 0.264 e. The van der Waals surface area contributed by atoms with Crippen molar-refractivity contribution >= 4 is 34.0 Å². The fraction of sp³-hybridized carbons (Fsp3) is 0.125. The molecule has 8 heteroatoms. The topological polar surface area (TPSA) is 65.6 Å². The molecule has 24 heavy (non-hydrogen) atoms. The number of hydrogen-bond acceptors (Lipinski definition) is 5. The number of rotatable bonds is 3. The highest BCUT2D eigenvalue weighted by atomic mass is 35.5. The van der Waals surface area contributed by atoms with E-state index in [1.165, 1.54) is 28.4 Å². The molecule has 3 aromatic heterocycles. The van der Waals surface area contributed by atoms with Crippen molar-refractivity contribution in [2.75, 3.05) is 0 Å². The Morgan fingerprint density at radius 3 is 2.96 bits per heavy atom. The number of halogens is 1. The van der Waals surface area contributed by atoms with E-state index < -0.39 is 0 Å². The highest BCUT2D eigenvalue weighted by Crippen LogP contribution is 2.30. The molecule has 0 atom stereocenters. The Balaban J connectivity index is 1.69. The van der Waals surface area contributed by atoms with Crippen LogP contribution in [0.25, 0.3) is 21.6 Å². The monoisotopic (exact) mass is 357 g/mol. The molecule has 4 aromatic rings. The Hall–Kier alpha value is -2.51. The van der Waals surface area contributed by atoms with Crippen LogP contribution in [0.3, 0.4) is 0 Å². The van der Waals surface area contributed by atoms with Gasteiger partial charge in [0.2, 0.25) is 0 Å². The minimum absolute atomic E-state index is 0.125. The summed E-state index contributed by atoms with van der Waals surface area (Å²) in [5.41, 5.74) is 2.14. The summed E-state index contributed by atoms with van der Waals surface area (Å²) in [5, 5.41) is 7.99. The molecule has 0 saturated carbocycles. The molecule has 0 N–H and O–H groups in total. The first-order valence-electron chi connectivity index (χ1n) is 7.20. The van der Waals surface area contributed by atoms with Gasteiger partial charge in [-0.2, -0.15) is 5.10 Å². The fourth-order valence-electron chi connectivity index (χ4n) is 2.49. The normalized spacial score (nSPS) is 11.2. The first-order chi connectivity index (χ1) is 11.6. The van der Waals surface area contributed by atoms with Gasteiger partial charge in [-0.15, -0.1) is 11.3 Å². The van der Waals surface area contributed by atoms with Crippen LogP contribution in [0.4, 0.5) is 0 Å². The standard InChI is InChI=1S/C16H12ClN5OS/c1-21-14-12(6-19-21)16(23)22(9-18-14)7-10-8-24-15(20-10)11-4-2-3-5-13(11)17/h2-6,8-9H,7H2,1H3. The summed E-state index contributed by atoms with van der Waals surface area (Å²) in [7, 11) is 1.76. The van der Waals surface area contributed by atoms with Crippen molar-refractivity contribution in [2.45, 2.75) is 6.54 Å². The molecule has 0 aliphatic heterocycles. The van der Waals surface area contributed by atoms with Crippen molar-refractivity contribution in [3.8, 4) is 10.6 Å². The Morgan fingerprint density at radius 1 is 1.29 bits per heavy atom. The summed E-state index contributed by atoms with van der Waals surface area (Å²) >= 11 is 7.72. The minimum atomic E-state index is -0.125. The number of thiazole rings is 1. The molecule has 0 fully saturated rings. The second kappa shape index (κ2) is 5.85. The van der Waals surface area contributed by atoms with Gasteiger partial charge in [-0.25, -0.2) is 9.97 Å². The third-order valence-electron chi connectivity index (χ3n) is 3.71. The van der Waals surface area contributed by atoms with Crippen molar-refractivity contribution < 1.29 is 0 Å². The molecule has 3 heterocycles. The summed E-state index contributed by atoms with van der Waals surface area (Å²) in [4.78, 5) is 21.4. The Bertz CT molecular complexity index is 1100. The first-order valence-corrected chi connectivity index (χ1v) is 8.45.